The van der Waals surface area contributed by atoms with E-state index in [-0.39, 0.29) is 23.2 Å². The average molecular weight is 264 g/mol. The number of aliphatic hydroxyl groups excluding tert-OH is 1. The maximum atomic E-state index is 12.9. The molecular weight excluding hydrogens is 244 g/mol. The summed E-state index contributed by atoms with van der Waals surface area (Å²) in [6.45, 7) is 7.05. The molecule has 19 heavy (non-hydrogen) atoms. The van der Waals surface area contributed by atoms with Crippen molar-refractivity contribution in [2.45, 2.75) is 46.1 Å². The second-order valence-corrected chi connectivity index (χ2v) is 6.96. The predicted octanol–water partition coefficient (Wildman–Crippen LogP) is 1.77. The fourth-order valence-electron chi connectivity index (χ4n) is 5.05. The van der Waals surface area contributed by atoms with Crippen LogP contribution in [-0.2, 0) is 9.59 Å². The molecule has 0 saturated heterocycles. The van der Waals surface area contributed by atoms with E-state index < -0.39 is 28.0 Å². The summed E-state index contributed by atoms with van der Waals surface area (Å²) < 4.78 is 0. The summed E-state index contributed by atoms with van der Waals surface area (Å²) in [7, 11) is 0. The van der Waals surface area contributed by atoms with E-state index in [1.165, 1.54) is 6.92 Å². The highest BCUT2D eigenvalue weighted by atomic mass is 16.3. The average Bonchev–Trinajstić information content (AvgIpc) is 2.75. The van der Waals surface area contributed by atoms with Gasteiger partial charge in [0.15, 0.2) is 17.1 Å². The van der Waals surface area contributed by atoms with Crippen molar-refractivity contribution in [3.05, 3.63) is 11.3 Å². The second kappa shape index (κ2) is 3.11. The number of allylic oxidation sites excluding steroid dienone is 1. The Bertz CT molecular complexity index is 544. The number of rotatable bonds is 0. The maximum absolute atomic E-state index is 12.9. The number of ketones is 2. The minimum absolute atomic E-state index is 0.124. The molecular formula is C15H20O4. The van der Waals surface area contributed by atoms with Crippen molar-refractivity contribution < 1.29 is 19.8 Å². The molecule has 104 valence electrons. The molecule has 0 aliphatic heterocycles. The molecule has 1 spiro atoms. The first-order valence-corrected chi connectivity index (χ1v) is 6.87. The Balaban J connectivity index is 2.42. The quantitative estimate of drug-likeness (QED) is 0.654. The molecule has 2 bridgehead atoms. The third-order valence-electron chi connectivity index (χ3n) is 6.21. The van der Waals surface area contributed by atoms with Crippen molar-refractivity contribution in [1.82, 2.24) is 0 Å². The van der Waals surface area contributed by atoms with Crippen molar-refractivity contribution in [2.75, 3.05) is 0 Å². The molecule has 3 rings (SSSR count). The Hall–Kier alpha value is -1.16. The van der Waals surface area contributed by atoms with Crippen molar-refractivity contribution in [1.29, 1.82) is 0 Å². The Labute approximate surface area is 112 Å². The lowest BCUT2D eigenvalue weighted by Gasteiger charge is -2.39. The summed E-state index contributed by atoms with van der Waals surface area (Å²) in [6, 6.07) is 0. The molecule has 0 aromatic rings. The van der Waals surface area contributed by atoms with Crippen LogP contribution in [0.15, 0.2) is 11.3 Å². The van der Waals surface area contributed by atoms with Gasteiger partial charge in [-0.25, -0.2) is 0 Å². The molecule has 3 aliphatic rings. The second-order valence-electron chi connectivity index (χ2n) is 6.96. The monoisotopic (exact) mass is 264 g/mol. The molecule has 4 heteroatoms. The molecule has 0 amide bonds. The van der Waals surface area contributed by atoms with Crippen molar-refractivity contribution in [2.24, 2.45) is 22.7 Å². The maximum Gasteiger partial charge on any atom is 0.211 e. The van der Waals surface area contributed by atoms with Crippen LogP contribution in [0.4, 0.5) is 0 Å². The lowest BCUT2D eigenvalue weighted by atomic mass is 9.65. The van der Waals surface area contributed by atoms with E-state index in [9.17, 15) is 19.8 Å². The van der Waals surface area contributed by atoms with Crippen LogP contribution in [0.1, 0.15) is 40.5 Å². The highest BCUT2D eigenvalue weighted by molar-refractivity contribution is 6.23. The number of carbonyl (C=O) groups excluding carboxylic acids is 2. The SMILES string of the molecule is CC1=C(O)C(=O)[C@@]23C(=O)[C@]1(O)C(C)(C)[C@@H]2CC[C@H]3C. The minimum Gasteiger partial charge on any atom is -0.504 e. The Morgan fingerprint density at radius 3 is 2.37 bits per heavy atom. The molecule has 0 aromatic carbocycles. The smallest absolute Gasteiger partial charge is 0.211 e. The lowest BCUT2D eigenvalue weighted by molar-refractivity contribution is -0.152. The number of hydrogen-bond acceptors (Lipinski definition) is 4. The summed E-state index contributed by atoms with van der Waals surface area (Å²) >= 11 is 0. The van der Waals surface area contributed by atoms with Gasteiger partial charge in [-0.3, -0.25) is 9.59 Å². The topological polar surface area (TPSA) is 74.6 Å². The first-order chi connectivity index (χ1) is 8.64. The van der Waals surface area contributed by atoms with Gasteiger partial charge >= 0.3 is 0 Å². The summed E-state index contributed by atoms with van der Waals surface area (Å²) in [5, 5.41) is 21.1. The van der Waals surface area contributed by atoms with Gasteiger partial charge in [0, 0.05) is 11.0 Å². The highest BCUT2D eigenvalue weighted by Crippen LogP contribution is 2.70. The van der Waals surface area contributed by atoms with Crippen LogP contribution in [0.2, 0.25) is 0 Å². The van der Waals surface area contributed by atoms with Crippen LogP contribution in [0.5, 0.6) is 0 Å². The zero-order valence-corrected chi connectivity index (χ0v) is 11.8. The number of aliphatic hydroxyl groups is 2. The summed E-state index contributed by atoms with van der Waals surface area (Å²) in [6.07, 6.45) is 1.53. The van der Waals surface area contributed by atoms with Crippen LogP contribution < -0.4 is 0 Å². The summed E-state index contributed by atoms with van der Waals surface area (Å²) in [4.78, 5) is 25.5. The molecule has 0 heterocycles. The highest BCUT2D eigenvalue weighted by Gasteiger charge is 2.80. The van der Waals surface area contributed by atoms with E-state index in [2.05, 4.69) is 0 Å². The van der Waals surface area contributed by atoms with Gasteiger partial charge in [0.2, 0.25) is 5.78 Å². The van der Waals surface area contributed by atoms with Gasteiger partial charge in [-0.15, -0.1) is 0 Å². The fraction of sp³-hybridized carbons (Fsp3) is 0.733. The van der Waals surface area contributed by atoms with Crippen molar-refractivity contribution in [3.8, 4) is 0 Å². The fourth-order valence-corrected chi connectivity index (χ4v) is 5.05. The summed E-state index contributed by atoms with van der Waals surface area (Å²) in [5.74, 6) is -1.58. The Morgan fingerprint density at radius 2 is 1.79 bits per heavy atom. The molecule has 4 nitrogen and oxygen atoms in total. The minimum atomic E-state index is -1.70. The molecule has 4 atom stereocenters. The van der Waals surface area contributed by atoms with E-state index in [0.29, 0.717) is 0 Å². The molecule has 2 N–H and O–H groups in total. The number of carbonyl (C=O) groups is 2. The van der Waals surface area contributed by atoms with Crippen LogP contribution >= 0.6 is 0 Å². The molecule has 0 radical (unpaired) electrons. The first-order valence-electron chi connectivity index (χ1n) is 6.87. The van der Waals surface area contributed by atoms with Gasteiger partial charge in [0.1, 0.15) is 5.41 Å². The van der Waals surface area contributed by atoms with Gasteiger partial charge in [0.05, 0.1) is 0 Å². The molecule has 0 unspecified atom stereocenters. The van der Waals surface area contributed by atoms with E-state index in [1.807, 2.05) is 20.8 Å². The Morgan fingerprint density at radius 1 is 1.21 bits per heavy atom. The van der Waals surface area contributed by atoms with E-state index in [4.69, 9.17) is 0 Å². The third-order valence-corrected chi connectivity index (χ3v) is 6.21. The Kier molecular flexibility index (Phi) is 2.11. The number of Topliss-reactive ketones (excluding diaryl/α,β-unsaturated/α-hetero) is 2. The molecule has 2 fully saturated rings. The molecule has 0 aromatic heterocycles. The van der Waals surface area contributed by atoms with E-state index in [0.717, 1.165) is 12.8 Å². The van der Waals surface area contributed by atoms with Gasteiger partial charge in [-0.1, -0.05) is 20.8 Å². The summed E-state index contributed by atoms with van der Waals surface area (Å²) in [5.41, 5.74) is -3.51. The van der Waals surface area contributed by atoms with E-state index >= 15 is 0 Å². The van der Waals surface area contributed by atoms with Crippen molar-refractivity contribution in [3.63, 3.8) is 0 Å². The van der Waals surface area contributed by atoms with Crippen LogP contribution in [0, 0.1) is 22.7 Å². The zero-order valence-electron chi connectivity index (χ0n) is 11.8. The van der Waals surface area contributed by atoms with Gasteiger partial charge in [-0.2, -0.15) is 0 Å². The number of fused-ring (bicyclic) bond motifs is 1. The van der Waals surface area contributed by atoms with Gasteiger partial charge in [0.25, 0.3) is 0 Å². The standard InChI is InChI=1S/C15H20O4/c1-7-5-6-9-13(3,4)15(19)8(2)10(16)11(17)14(7,9)12(15)18/h7,9,16,19H,5-6H2,1-4H3/t7-,9+,14+,15+/m1/s1. The lowest BCUT2D eigenvalue weighted by Crippen LogP contribution is -2.55. The van der Waals surface area contributed by atoms with Crippen LogP contribution in [0.25, 0.3) is 0 Å². The normalized spacial score (nSPS) is 47.8. The largest absolute Gasteiger partial charge is 0.504 e. The molecule has 2 saturated carbocycles. The van der Waals surface area contributed by atoms with Crippen LogP contribution in [0.3, 0.4) is 0 Å². The van der Waals surface area contributed by atoms with Crippen molar-refractivity contribution >= 4 is 11.6 Å². The number of hydrogen-bond donors (Lipinski definition) is 2. The van der Waals surface area contributed by atoms with E-state index in [1.54, 1.807) is 0 Å². The molecule has 3 aliphatic carbocycles. The van der Waals surface area contributed by atoms with Crippen LogP contribution in [-0.4, -0.2) is 27.4 Å². The van der Waals surface area contributed by atoms with Gasteiger partial charge in [-0.05, 0) is 31.6 Å². The predicted molar refractivity (Wildman–Crippen MR) is 68.4 cm³/mol. The first kappa shape index (κ1) is 12.9. The van der Waals surface area contributed by atoms with Gasteiger partial charge < -0.3 is 10.2 Å². The zero-order chi connectivity index (χ0) is 14.4. The third kappa shape index (κ3) is 0.939.